The van der Waals surface area contributed by atoms with Crippen LogP contribution in [-0.2, 0) is 11.3 Å². The first-order valence-electron chi connectivity index (χ1n) is 8.19. The number of hydrogen-bond acceptors (Lipinski definition) is 2. The molecule has 3 heteroatoms. The minimum Gasteiger partial charge on any atom is -0.480 e. The molecule has 3 unspecified atom stereocenters. The van der Waals surface area contributed by atoms with E-state index in [1.54, 1.807) is 0 Å². The van der Waals surface area contributed by atoms with E-state index >= 15 is 0 Å². The summed E-state index contributed by atoms with van der Waals surface area (Å²) in [5.41, 5.74) is 2.49. The zero-order valence-corrected chi connectivity index (χ0v) is 12.8. The second kappa shape index (κ2) is 6.18. The molecule has 2 aliphatic rings. The van der Waals surface area contributed by atoms with Crippen LogP contribution < -0.4 is 0 Å². The molecule has 114 valence electrons. The molecule has 2 fully saturated rings. The Bertz CT molecular complexity index is 496. The van der Waals surface area contributed by atoms with Gasteiger partial charge in [0.2, 0.25) is 0 Å². The third-order valence-electron chi connectivity index (χ3n) is 5.28. The van der Waals surface area contributed by atoms with Crippen LogP contribution in [-0.4, -0.2) is 28.1 Å². The van der Waals surface area contributed by atoms with Gasteiger partial charge in [-0.15, -0.1) is 0 Å². The Labute approximate surface area is 127 Å². The lowest BCUT2D eigenvalue weighted by Gasteiger charge is -2.47. The molecule has 0 bridgehead atoms. The minimum atomic E-state index is -0.647. The van der Waals surface area contributed by atoms with Gasteiger partial charge in [-0.1, -0.05) is 42.7 Å². The molecule has 3 atom stereocenters. The molecule has 0 amide bonds. The van der Waals surface area contributed by atoms with Gasteiger partial charge in [-0.25, -0.2) is 0 Å². The number of aryl methyl sites for hydroxylation is 1. The van der Waals surface area contributed by atoms with E-state index in [0.29, 0.717) is 12.0 Å². The maximum atomic E-state index is 11.6. The average molecular weight is 287 g/mol. The van der Waals surface area contributed by atoms with Gasteiger partial charge >= 0.3 is 5.97 Å². The SMILES string of the molecule is Cc1ccc(CN2C(C(=O)O)CCC3CCCCC32)cc1. The number of aliphatic carboxylic acids is 1. The van der Waals surface area contributed by atoms with Crippen molar-refractivity contribution in [3.8, 4) is 0 Å². The highest BCUT2D eigenvalue weighted by atomic mass is 16.4. The first kappa shape index (κ1) is 14.6. The van der Waals surface area contributed by atoms with Crippen LogP contribution in [0.25, 0.3) is 0 Å². The molecule has 1 heterocycles. The summed E-state index contributed by atoms with van der Waals surface area (Å²) < 4.78 is 0. The van der Waals surface area contributed by atoms with E-state index in [1.165, 1.54) is 36.8 Å². The van der Waals surface area contributed by atoms with E-state index in [2.05, 4.69) is 36.1 Å². The fraction of sp³-hybridized carbons (Fsp3) is 0.611. The summed E-state index contributed by atoms with van der Waals surface area (Å²) in [5.74, 6) is 0.0610. The van der Waals surface area contributed by atoms with E-state index in [4.69, 9.17) is 0 Å². The van der Waals surface area contributed by atoms with Gasteiger partial charge in [0.15, 0.2) is 0 Å². The number of nitrogens with zero attached hydrogens (tertiary/aromatic N) is 1. The van der Waals surface area contributed by atoms with Gasteiger partial charge in [0.1, 0.15) is 6.04 Å². The highest BCUT2D eigenvalue weighted by Crippen LogP contribution is 2.38. The molecule has 3 nitrogen and oxygen atoms in total. The number of piperidine rings is 1. The van der Waals surface area contributed by atoms with Crippen molar-refractivity contribution in [3.63, 3.8) is 0 Å². The van der Waals surface area contributed by atoms with Gasteiger partial charge in [-0.05, 0) is 44.1 Å². The van der Waals surface area contributed by atoms with E-state index in [-0.39, 0.29) is 6.04 Å². The van der Waals surface area contributed by atoms with E-state index < -0.39 is 5.97 Å². The van der Waals surface area contributed by atoms with E-state index in [0.717, 1.165) is 19.4 Å². The number of rotatable bonds is 3. The van der Waals surface area contributed by atoms with Crippen molar-refractivity contribution in [1.82, 2.24) is 4.90 Å². The van der Waals surface area contributed by atoms with Crippen molar-refractivity contribution in [3.05, 3.63) is 35.4 Å². The van der Waals surface area contributed by atoms with E-state index in [1.807, 2.05) is 0 Å². The second-order valence-corrected chi connectivity index (χ2v) is 6.70. The van der Waals surface area contributed by atoms with Crippen LogP contribution in [0.15, 0.2) is 24.3 Å². The van der Waals surface area contributed by atoms with Crippen LogP contribution in [0, 0.1) is 12.8 Å². The molecule has 1 aliphatic carbocycles. The summed E-state index contributed by atoms with van der Waals surface area (Å²) in [6, 6.07) is 8.68. The predicted octanol–water partition coefficient (Wildman–Crippen LogP) is 3.60. The molecule has 1 saturated carbocycles. The number of carbonyl (C=O) groups is 1. The third kappa shape index (κ3) is 3.13. The Hall–Kier alpha value is -1.35. The van der Waals surface area contributed by atoms with Gasteiger partial charge in [0, 0.05) is 12.6 Å². The van der Waals surface area contributed by atoms with E-state index in [9.17, 15) is 9.90 Å². The molecular weight excluding hydrogens is 262 g/mol. The summed E-state index contributed by atoms with van der Waals surface area (Å²) >= 11 is 0. The maximum Gasteiger partial charge on any atom is 0.320 e. The fourth-order valence-corrected chi connectivity index (χ4v) is 4.13. The average Bonchev–Trinajstić information content (AvgIpc) is 2.49. The molecule has 1 saturated heterocycles. The molecule has 21 heavy (non-hydrogen) atoms. The number of carboxylic acids is 1. The van der Waals surface area contributed by atoms with Gasteiger partial charge in [0.25, 0.3) is 0 Å². The number of carboxylic acid groups (broad SMARTS) is 1. The quantitative estimate of drug-likeness (QED) is 0.923. The minimum absolute atomic E-state index is 0.300. The highest BCUT2D eigenvalue weighted by Gasteiger charge is 2.41. The maximum absolute atomic E-state index is 11.6. The van der Waals surface area contributed by atoms with Crippen molar-refractivity contribution in [1.29, 1.82) is 0 Å². The van der Waals surface area contributed by atoms with Crippen LogP contribution in [0.3, 0.4) is 0 Å². The number of benzene rings is 1. The lowest BCUT2D eigenvalue weighted by Crippen LogP contribution is -2.54. The van der Waals surface area contributed by atoms with Crippen molar-refractivity contribution >= 4 is 5.97 Å². The van der Waals surface area contributed by atoms with Crippen molar-refractivity contribution in [2.24, 2.45) is 5.92 Å². The summed E-state index contributed by atoms with van der Waals surface area (Å²) in [7, 11) is 0. The standard InChI is InChI=1S/C18H25NO2/c1-13-6-8-14(9-7-13)12-19-16-5-3-2-4-15(16)10-11-17(19)18(20)21/h6-9,15-17H,2-5,10-12H2,1H3,(H,20,21). The summed E-state index contributed by atoms with van der Waals surface area (Å²) in [6.07, 6.45) is 6.91. The highest BCUT2D eigenvalue weighted by molar-refractivity contribution is 5.73. The fourth-order valence-electron chi connectivity index (χ4n) is 4.13. The van der Waals surface area contributed by atoms with Gasteiger partial charge in [0.05, 0.1) is 0 Å². The Kier molecular flexibility index (Phi) is 4.29. The monoisotopic (exact) mass is 287 g/mol. The molecule has 1 aliphatic heterocycles. The van der Waals surface area contributed by atoms with Gasteiger partial charge < -0.3 is 5.11 Å². The molecule has 0 spiro atoms. The predicted molar refractivity (Wildman–Crippen MR) is 83.1 cm³/mol. The largest absolute Gasteiger partial charge is 0.480 e. The molecule has 3 rings (SSSR count). The number of fused-ring (bicyclic) bond motifs is 1. The van der Waals surface area contributed by atoms with Crippen LogP contribution >= 0.6 is 0 Å². The molecular formula is C18H25NO2. The normalized spacial score (nSPS) is 29.9. The lowest BCUT2D eigenvalue weighted by atomic mass is 9.76. The Morgan fingerprint density at radius 1 is 1.14 bits per heavy atom. The third-order valence-corrected chi connectivity index (χ3v) is 5.28. The first-order chi connectivity index (χ1) is 10.1. The van der Waals surface area contributed by atoms with Crippen LogP contribution in [0.1, 0.15) is 49.7 Å². The van der Waals surface area contributed by atoms with Crippen molar-refractivity contribution in [2.75, 3.05) is 0 Å². The first-order valence-corrected chi connectivity index (χ1v) is 8.19. The topological polar surface area (TPSA) is 40.5 Å². The molecule has 1 N–H and O–H groups in total. The molecule has 0 aromatic heterocycles. The summed E-state index contributed by atoms with van der Waals surface area (Å²) in [4.78, 5) is 13.9. The summed E-state index contributed by atoms with van der Waals surface area (Å²) in [5, 5.41) is 9.58. The van der Waals surface area contributed by atoms with Crippen LogP contribution in [0.5, 0.6) is 0 Å². The second-order valence-electron chi connectivity index (χ2n) is 6.70. The van der Waals surface area contributed by atoms with Crippen molar-refractivity contribution < 1.29 is 9.90 Å². The Balaban J connectivity index is 1.81. The van der Waals surface area contributed by atoms with Gasteiger partial charge in [-0.2, -0.15) is 0 Å². The lowest BCUT2D eigenvalue weighted by molar-refractivity contribution is -0.148. The summed E-state index contributed by atoms with van der Waals surface area (Å²) in [6.45, 7) is 2.86. The molecule has 0 radical (unpaired) electrons. The number of likely N-dealkylation sites (tertiary alicyclic amines) is 1. The van der Waals surface area contributed by atoms with Crippen LogP contribution in [0.4, 0.5) is 0 Å². The molecule has 1 aromatic rings. The Morgan fingerprint density at radius 2 is 1.86 bits per heavy atom. The zero-order chi connectivity index (χ0) is 14.8. The van der Waals surface area contributed by atoms with Crippen molar-refractivity contribution in [2.45, 2.75) is 64.1 Å². The number of hydrogen-bond donors (Lipinski definition) is 1. The smallest absolute Gasteiger partial charge is 0.320 e. The zero-order valence-electron chi connectivity index (χ0n) is 12.8. The molecule has 1 aromatic carbocycles. The van der Waals surface area contributed by atoms with Gasteiger partial charge in [-0.3, -0.25) is 9.69 Å². The van der Waals surface area contributed by atoms with Crippen LogP contribution in [0.2, 0.25) is 0 Å². The Morgan fingerprint density at radius 3 is 2.57 bits per heavy atom.